The van der Waals surface area contributed by atoms with Crippen molar-refractivity contribution in [2.24, 2.45) is 0 Å². The first kappa shape index (κ1) is 13.2. The lowest BCUT2D eigenvalue weighted by molar-refractivity contribution is 0.0600. The Morgan fingerprint density at radius 3 is 2.48 bits per heavy atom. The molecule has 3 rings (SSSR count). The van der Waals surface area contributed by atoms with E-state index < -0.39 is 0 Å². The van der Waals surface area contributed by atoms with Crippen molar-refractivity contribution in [2.75, 3.05) is 7.11 Å². The average Bonchev–Trinajstić information content (AvgIpc) is 2.54. The SMILES string of the molecule is C=C1OC(c2ccccc2C(=O)OC)=Cc2ccccc21. The molecule has 0 atom stereocenters. The highest BCUT2D eigenvalue weighted by molar-refractivity contribution is 5.98. The molecule has 21 heavy (non-hydrogen) atoms. The number of benzene rings is 2. The third-order valence-electron chi connectivity index (χ3n) is 3.38. The van der Waals surface area contributed by atoms with Crippen LogP contribution in [-0.4, -0.2) is 13.1 Å². The molecule has 0 spiro atoms. The van der Waals surface area contributed by atoms with Gasteiger partial charge < -0.3 is 9.47 Å². The minimum atomic E-state index is -0.389. The van der Waals surface area contributed by atoms with Gasteiger partial charge in [0.25, 0.3) is 0 Å². The number of carbonyl (C=O) groups is 1. The number of rotatable bonds is 2. The number of esters is 1. The van der Waals surface area contributed by atoms with Crippen LogP contribution in [0.15, 0.2) is 55.1 Å². The summed E-state index contributed by atoms with van der Waals surface area (Å²) in [5.74, 6) is 0.780. The van der Waals surface area contributed by atoms with E-state index in [-0.39, 0.29) is 5.97 Å². The summed E-state index contributed by atoms with van der Waals surface area (Å²) in [4.78, 5) is 11.9. The Kier molecular flexibility index (Phi) is 3.32. The van der Waals surface area contributed by atoms with Gasteiger partial charge in [-0.15, -0.1) is 0 Å². The van der Waals surface area contributed by atoms with Gasteiger partial charge in [-0.2, -0.15) is 0 Å². The normalized spacial score (nSPS) is 13.0. The molecule has 0 aliphatic carbocycles. The Bertz CT molecular complexity index is 757. The topological polar surface area (TPSA) is 35.5 Å². The van der Waals surface area contributed by atoms with Gasteiger partial charge in [0, 0.05) is 11.1 Å². The molecule has 0 saturated heterocycles. The van der Waals surface area contributed by atoms with Gasteiger partial charge in [0.2, 0.25) is 0 Å². The van der Waals surface area contributed by atoms with E-state index in [0.717, 1.165) is 11.1 Å². The fourth-order valence-corrected chi connectivity index (χ4v) is 2.35. The van der Waals surface area contributed by atoms with Crippen LogP contribution in [0, 0.1) is 0 Å². The fraction of sp³-hybridized carbons (Fsp3) is 0.0556. The second kappa shape index (κ2) is 5.29. The summed E-state index contributed by atoms with van der Waals surface area (Å²) in [5, 5.41) is 0. The lowest BCUT2D eigenvalue weighted by atomic mass is 9.99. The molecule has 1 heterocycles. The van der Waals surface area contributed by atoms with Gasteiger partial charge in [-0.1, -0.05) is 49.0 Å². The monoisotopic (exact) mass is 278 g/mol. The van der Waals surface area contributed by atoms with Crippen molar-refractivity contribution in [1.82, 2.24) is 0 Å². The van der Waals surface area contributed by atoms with Crippen molar-refractivity contribution in [2.45, 2.75) is 0 Å². The van der Waals surface area contributed by atoms with Crippen LogP contribution in [0.4, 0.5) is 0 Å². The molecule has 0 bridgehead atoms. The van der Waals surface area contributed by atoms with Gasteiger partial charge in [-0.25, -0.2) is 4.79 Å². The first-order valence-corrected chi connectivity index (χ1v) is 6.56. The summed E-state index contributed by atoms with van der Waals surface area (Å²) >= 11 is 0. The molecule has 0 fully saturated rings. The summed E-state index contributed by atoms with van der Waals surface area (Å²) in [6.45, 7) is 3.95. The van der Waals surface area contributed by atoms with Crippen molar-refractivity contribution in [1.29, 1.82) is 0 Å². The largest absolute Gasteiger partial charge is 0.465 e. The van der Waals surface area contributed by atoms with Crippen molar-refractivity contribution >= 4 is 23.6 Å². The van der Waals surface area contributed by atoms with E-state index in [1.165, 1.54) is 7.11 Å². The fourth-order valence-electron chi connectivity index (χ4n) is 2.35. The summed E-state index contributed by atoms with van der Waals surface area (Å²) in [6.07, 6.45) is 1.91. The minimum absolute atomic E-state index is 0.389. The van der Waals surface area contributed by atoms with Crippen LogP contribution in [0.1, 0.15) is 27.0 Å². The Morgan fingerprint density at radius 1 is 1.05 bits per heavy atom. The Balaban J connectivity index is 2.13. The molecule has 3 nitrogen and oxygen atoms in total. The molecular formula is C18H14O3. The number of hydrogen-bond donors (Lipinski definition) is 0. The van der Waals surface area contributed by atoms with E-state index in [0.29, 0.717) is 22.6 Å². The Labute approximate surface area is 123 Å². The number of fused-ring (bicyclic) bond motifs is 1. The van der Waals surface area contributed by atoms with Gasteiger partial charge in [-0.05, 0) is 17.7 Å². The smallest absolute Gasteiger partial charge is 0.338 e. The zero-order chi connectivity index (χ0) is 14.8. The van der Waals surface area contributed by atoms with Crippen LogP contribution in [0.25, 0.3) is 17.6 Å². The predicted molar refractivity (Wildman–Crippen MR) is 82.2 cm³/mol. The van der Waals surface area contributed by atoms with Gasteiger partial charge in [0.15, 0.2) is 0 Å². The molecule has 2 aromatic carbocycles. The molecule has 0 aromatic heterocycles. The van der Waals surface area contributed by atoms with Gasteiger partial charge >= 0.3 is 5.97 Å². The highest BCUT2D eigenvalue weighted by atomic mass is 16.5. The van der Waals surface area contributed by atoms with Crippen molar-refractivity contribution in [3.8, 4) is 0 Å². The molecule has 3 heteroatoms. The maximum absolute atomic E-state index is 11.9. The molecule has 0 unspecified atom stereocenters. The number of carbonyl (C=O) groups excluding carboxylic acids is 1. The number of methoxy groups -OCH3 is 1. The molecular weight excluding hydrogens is 264 g/mol. The molecule has 1 aliphatic heterocycles. The van der Waals surface area contributed by atoms with E-state index in [4.69, 9.17) is 9.47 Å². The first-order valence-electron chi connectivity index (χ1n) is 6.56. The maximum Gasteiger partial charge on any atom is 0.338 e. The second-order valence-corrected chi connectivity index (χ2v) is 4.66. The molecule has 104 valence electrons. The van der Waals surface area contributed by atoms with E-state index in [2.05, 4.69) is 6.58 Å². The van der Waals surface area contributed by atoms with Gasteiger partial charge in [-0.3, -0.25) is 0 Å². The molecule has 1 aliphatic rings. The van der Waals surface area contributed by atoms with Crippen molar-refractivity contribution < 1.29 is 14.3 Å². The number of ether oxygens (including phenoxy) is 2. The zero-order valence-corrected chi connectivity index (χ0v) is 11.6. The highest BCUT2D eigenvalue weighted by Crippen LogP contribution is 2.35. The molecule has 0 amide bonds. The van der Waals surface area contributed by atoms with Gasteiger partial charge in [0.1, 0.15) is 11.5 Å². The maximum atomic E-state index is 11.9. The van der Waals surface area contributed by atoms with Crippen molar-refractivity contribution in [3.63, 3.8) is 0 Å². The van der Waals surface area contributed by atoms with E-state index >= 15 is 0 Å². The lowest BCUT2D eigenvalue weighted by Crippen LogP contribution is -2.08. The summed E-state index contributed by atoms with van der Waals surface area (Å²) < 4.78 is 10.6. The summed E-state index contributed by atoms with van der Waals surface area (Å²) in [7, 11) is 1.36. The van der Waals surface area contributed by atoms with Crippen LogP contribution in [0.5, 0.6) is 0 Å². The van der Waals surface area contributed by atoms with Gasteiger partial charge in [0.05, 0.1) is 12.7 Å². The average molecular weight is 278 g/mol. The summed E-state index contributed by atoms with van der Waals surface area (Å²) in [6, 6.07) is 15.0. The van der Waals surface area contributed by atoms with E-state index in [9.17, 15) is 4.79 Å². The van der Waals surface area contributed by atoms with Crippen LogP contribution in [0.3, 0.4) is 0 Å². The quantitative estimate of drug-likeness (QED) is 0.780. The third kappa shape index (κ3) is 2.34. The zero-order valence-electron chi connectivity index (χ0n) is 11.6. The highest BCUT2D eigenvalue weighted by Gasteiger charge is 2.20. The Hall–Kier alpha value is -2.81. The van der Waals surface area contributed by atoms with E-state index in [1.807, 2.05) is 42.5 Å². The summed E-state index contributed by atoms with van der Waals surface area (Å²) in [5.41, 5.74) is 3.14. The van der Waals surface area contributed by atoms with Crippen LogP contribution in [0.2, 0.25) is 0 Å². The predicted octanol–water partition coefficient (Wildman–Crippen LogP) is 3.97. The van der Waals surface area contributed by atoms with E-state index in [1.54, 1.807) is 12.1 Å². The third-order valence-corrected chi connectivity index (χ3v) is 3.38. The number of hydrogen-bond acceptors (Lipinski definition) is 3. The lowest BCUT2D eigenvalue weighted by Gasteiger charge is -2.21. The molecule has 0 N–H and O–H groups in total. The second-order valence-electron chi connectivity index (χ2n) is 4.66. The van der Waals surface area contributed by atoms with Crippen LogP contribution in [-0.2, 0) is 9.47 Å². The first-order chi connectivity index (χ1) is 10.2. The molecule has 2 aromatic rings. The van der Waals surface area contributed by atoms with Crippen LogP contribution < -0.4 is 0 Å². The van der Waals surface area contributed by atoms with Crippen LogP contribution >= 0.6 is 0 Å². The van der Waals surface area contributed by atoms with Crippen molar-refractivity contribution in [3.05, 3.63) is 77.4 Å². The standard InChI is InChI=1S/C18H14O3/c1-12-14-8-4-3-7-13(14)11-17(21-12)15-9-5-6-10-16(15)18(19)20-2/h3-11H,1H2,2H3. The minimum Gasteiger partial charge on any atom is -0.465 e. The molecule has 0 saturated carbocycles. The molecule has 0 radical (unpaired) electrons. The Morgan fingerprint density at radius 2 is 1.71 bits per heavy atom.